The third-order valence-electron chi connectivity index (χ3n) is 1.91. The number of aromatic nitrogens is 1. The molecule has 0 fully saturated rings. The Labute approximate surface area is 77.6 Å². The van der Waals surface area contributed by atoms with Gasteiger partial charge in [-0.1, -0.05) is 13.3 Å². The third kappa shape index (κ3) is 2.86. The van der Waals surface area contributed by atoms with Crippen LogP contribution in [0.15, 0.2) is 24.5 Å². The number of carboxylic acid groups (broad SMARTS) is 1. The highest BCUT2D eigenvalue weighted by Crippen LogP contribution is 1.94. The predicted molar refractivity (Wildman–Crippen MR) is 48.5 cm³/mol. The maximum Gasteiger partial charge on any atom is 0.336 e. The zero-order valence-corrected chi connectivity index (χ0v) is 7.73. The van der Waals surface area contributed by atoms with Crippen molar-refractivity contribution in [1.82, 2.24) is 0 Å². The first-order valence-corrected chi connectivity index (χ1v) is 4.46. The van der Waals surface area contributed by atoms with Crippen LogP contribution in [-0.2, 0) is 6.54 Å². The largest absolute Gasteiger partial charge is 0.478 e. The molecule has 1 rings (SSSR count). The van der Waals surface area contributed by atoms with Crippen LogP contribution in [0.5, 0.6) is 0 Å². The van der Waals surface area contributed by atoms with E-state index in [1.165, 1.54) is 0 Å². The van der Waals surface area contributed by atoms with Crippen LogP contribution < -0.4 is 4.57 Å². The van der Waals surface area contributed by atoms with Gasteiger partial charge < -0.3 is 5.11 Å². The molecule has 1 aromatic heterocycles. The van der Waals surface area contributed by atoms with Gasteiger partial charge in [0.1, 0.15) is 6.54 Å². The molecule has 0 unspecified atom stereocenters. The molecule has 0 saturated heterocycles. The molecule has 0 bridgehead atoms. The molecule has 0 aliphatic carbocycles. The number of aromatic carboxylic acids is 1. The van der Waals surface area contributed by atoms with Crippen molar-refractivity contribution in [2.75, 3.05) is 0 Å². The molecule has 0 spiro atoms. The monoisotopic (exact) mass is 180 g/mol. The number of carbonyl (C=O) groups is 1. The number of carboxylic acids is 1. The average molecular weight is 180 g/mol. The molecule has 3 nitrogen and oxygen atoms in total. The lowest BCUT2D eigenvalue weighted by atomic mass is 10.2. The molecule has 0 amide bonds. The Kier molecular flexibility index (Phi) is 3.43. The number of hydrogen-bond acceptors (Lipinski definition) is 1. The van der Waals surface area contributed by atoms with Crippen LogP contribution in [0.25, 0.3) is 0 Å². The Balaban J connectivity index is 2.64. The highest BCUT2D eigenvalue weighted by Gasteiger charge is 2.04. The van der Waals surface area contributed by atoms with Gasteiger partial charge in [0.15, 0.2) is 12.4 Å². The van der Waals surface area contributed by atoms with E-state index in [0.717, 1.165) is 19.4 Å². The van der Waals surface area contributed by atoms with Crippen molar-refractivity contribution in [3.05, 3.63) is 30.1 Å². The van der Waals surface area contributed by atoms with Crippen LogP contribution in [0.2, 0.25) is 0 Å². The van der Waals surface area contributed by atoms with Gasteiger partial charge in [-0.05, 0) is 0 Å². The molecule has 3 heteroatoms. The molecule has 0 radical (unpaired) electrons. The SMILES string of the molecule is CCCC[n+]1ccc(C(=O)O)cc1. The molecule has 0 aliphatic heterocycles. The standard InChI is InChI=1S/C10H13NO2/c1-2-3-6-11-7-4-9(5-8-11)10(12)13/h4-5,7-8H,2-3,6H2,1H3/p+1. The number of rotatable bonds is 4. The number of unbranched alkanes of at least 4 members (excludes halogenated alkanes) is 1. The van der Waals surface area contributed by atoms with E-state index < -0.39 is 5.97 Å². The Morgan fingerprint density at radius 2 is 2.08 bits per heavy atom. The van der Waals surface area contributed by atoms with Crippen LogP contribution in [-0.4, -0.2) is 11.1 Å². The Morgan fingerprint density at radius 3 is 2.54 bits per heavy atom. The van der Waals surface area contributed by atoms with Crippen molar-refractivity contribution in [2.45, 2.75) is 26.3 Å². The minimum atomic E-state index is -0.873. The van der Waals surface area contributed by atoms with Gasteiger partial charge in [0, 0.05) is 18.6 Å². The minimum Gasteiger partial charge on any atom is -0.478 e. The summed E-state index contributed by atoms with van der Waals surface area (Å²) in [4.78, 5) is 10.5. The van der Waals surface area contributed by atoms with Gasteiger partial charge in [-0.25, -0.2) is 9.36 Å². The summed E-state index contributed by atoms with van der Waals surface area (Å²) in [7, 11) is 0. The molecule has 0 saturated carbocycles. The van der Waals surface area contributed by atoms with Crippen molar-refractivity contribution < 1.29 is 14.5 Å². The van der Waals surface area contributed by atoms with E-state index in [9.17, 15) is 4.79 Å². The summed E-state index contributed by atoms with van der Waals surface area (Å²) in [5, 5.41) is 8.64. The summed E-state index contributed by atoms with van der Waals surface area (Å²) in [5.41, 5.74) is 0.341. The second-order valence-corrected chi connectivity index (χ2v) is 2.98. The molecule has 70 valence electrons. The van der Waals surface area contributed by atoms with E-state index in [1.807, 2.05) is 4.57 Å². The maximum absolute atomic E-state index is 10.5. The molecule has 0 atom stereocenters. The third-order valence-corrected chi connectivity index (χ3v) is 1.91. The van der Waals surface area contributed by atoms with Gasteiger partial charge in [0.2, 0.25) is 0 Å². The molecule has 1 aromatic rings. The fourth-order valence-electron chi connectivity index (χ4n) is 1.09. The van der Waals surface area contributed by atoms with Crippen LogP contribution in [0.4, 0.5) is 0 Å². The highest BCUT2D eigenvalue weighted by molar-refractivity contribution is 5.87. The molecule has 1 N–H and O–H groups in total. The summed E-state index contributed by atoms with van der Waals surface area (Å²) in [5.74, 6) is -0.873. The number of nitrogens with zero attached hydrogens (tertiary/aromatic N) is 1. The number of hydrogen-bond donors (Lipinski definition) is 1. The second kappa shape index (κ2) is 4.60. The lowest BCUT2D eigenvalue weighted by Gasteiger charge is -1.95. The van der Waals surface area contributed by atoms with E-state index in [2.05, 4.69) is 6.92 Å². The Bertz CT molecular complexity index is 279. The van der Waals surface area contributed by atoms with Crippen molar-refractivity contribution in [3.63, 3.8) is 0 Å². The molecule has 1 heterocycles. The molecule has 13 heavy (non-hydrogen) atoms. The summed E-state index contributed by atoms with van der Waals surface area (Å²) in [6, 6.07) is 3.25. The van der Waals surface area contributed by atoms with Gasteiger partial charge in [-0.15, -0.1) is 0 Å². The smallest absolute Gasteiger partial charge is 0.336 e. The molecule has 0 aliphatic rings. The lowest BCUT2D eigenvalue weighted by Crippen LogP contribution is -2.32. The first kappa shape index (κ1) is 9.71. The molecular formula is C10H14NO2+. The van der Waals surface area contributed by atoms with E-state index in [1.54, 1.807) is 24.5 Å². The second-order valence-electron chi connectivity index (χ2n) is 2.98. The van der Waals surface area contributed by atoms with Crippen LogP contribution in [0, 0.1) is 0 Å². The van der Waals surface area contributed by atoms with E-state index in [-0.39, 0.29) is 0 Å². The zero-order valence-electron chi connectivity index (χ0n) is 7.73. The van der Waals surface area contributed by atoms with Gasteiger partial charge >= 0.3 is 5.97 Å². The minimum absolute atomic E-state index is 0.341. The highest BCUT2D eigenvalue weighted by atomic mass is 16.4. The molecular weight excluding hydrogens is 166 g/mol. The number of aryl methyl sites for hydroxylation is 1. The molecule has 0 aromatic carbocycles. The van der Waals surface area contributed by atoms with Gasteiger partial charge in [-0.2, -0.15) is 0 Å². The lowest BCUT2D eigenvalue weighted by molar-refractivity contribution is -0.697. The van der Waals surface area contributed by atoms with Crippen molar-refractivity contribution in [3.8, 4) is 0 Å². The van der Waals surface area contributed by atoms with Crippen molar-refractivity contribution in [2.24, 2.45) is 0 Å². The number of pyridine rings is 1. The van der Waals surface area contributed by atoms with Crippen molar-refractivity contribution in [1.29, 1.82) is 0 Å². The van der Waals surface area contributed by atoms with E-state index in [0.29, 0.717) is 5.56 Å². The van der Waals surface area contributed by atoms with E-state index >= 15 is 0 Å². The first-order chi connectivity index (χ1) is 6.24. The quantitative estimate of drug-likeness (QED) is 0.713. The topological polar surface area (TPSA) is 41.2 Å². The summed E-state index contributed by atoms with van der Waals surface area (Å²) >= 11 is 0. The summed E-state index contributed by atoms with van der Waals surface area (Å²) < 4.78 is 2.00. The van der Waals surface area contributed by atoms with Gasteiger partial charge in [0.25, 0.3) is 0 Å². The zero-order chi connectivity index (χ0) is 9.68. The van der Waals surface area contributed by atoms with Crippen molar-refractivity contribution >= 4 is 5.97 Å². The Morgan fingerprint density at radius 1 is 1.46 bits per heavy atom. The Hall–Kier alpha value is -1.38. The summed E-state index contributed by atoms with van der Waals surface area (Å²) in [6.07, 6.45) is 5.88. The maximum atomic E-state index is 10.5. The predicted octanol–water partition coefficient (Wildman–Crippen LogP) is 1.47. The first-order valence-electron chi connectivity index (χ1n) is 4.46. The fraction of sp³-hybridized carbons (Fsp3) is 0.400. The normalized spacial score (nSPS) is 9.92. The van der Waals surface area contributed by atoms with Crippen LogP contribution in [0.1, 0.15) is 30.1 Å². The van der Waals surface area contributed by atoms with Gasteiger partial charge in [-0.3, -0.25) is 0 Å². The summed E-state index contributed by atoms with van der Waals surface area (Å²) in [6.45, 7) is 3.09. The fourth-order valence-corrected chi connectivity index (χ4v) is 1.09. The average Bonchev–Trinajstić information content (AvgIpc) is 2.15. The van der Waals surface area contributed by atoms with Gasteiger partial charge in [0.05, 0.1) is 5.56 Å². The van der Waals surface area contributed by atoms with E-state index in [4.69, 9.17) is 5.11 Å². The van der Waals surface area contributed by atoms with Crippen LogP contribution in [0.3, 0.4) is 0 Å². The van der Waals surface area contributed by atoms with Crippen LogP contribution >= 0.6 is 0 Å².